The average Bonchev–Trinajstić information content (AvgIpc) is 2.51. The minimum atomic E-state index is 0.532. The van der Waals surface area contributed by atoms with Gasteiger partial charge in [-0.15, -0.1) is 0 Å². The first-order valence-electron chi connectivity index (χ1n) is 7.53. The van der Waals surface area contributed by atoms with Crippen LogP contribution in [0.3, 0.4) is 0 Å². The molecule has 3 aliphatic heterocycles. The number of fused-ring (bicyclic) bond motifs is 4. The quantitative estimate of drug-likeness (QED) is 0.820. The molecule has 3 aliphatic rings. The lowest BCUT2D eigenvalue weighted by molar-refractivity contribution is 0.0976. The number of hydrogen-bond donors (Lipinski definition) is 2. The van der Waals surface area contributed by atoms with E-state index in [9.17, 15) is 0 Å². The molecule has 3 saturated heterocycles. The normalized spacial score (nSPS) is 28.0. The molecule has 2 aromatic rings. The maximum Gasteiger partial charge on any atom is 0.0954 e. The molecule has 0 radical (unpaired) electrons. The van der Waals surface area contributed by atoms with Crippen LogP contribution >= 0.6 is 15.9 Å². The van der Waals surface area contributed by atoms with E-state index in [-0.39, 0.29) is 0 Å². The van der Waals surface area contributed by atoms with Crippen molar-refractivity contribution in [1.29, 1.82) is 0 Å². The van der Waals surface area contributed by atoms with E-state index in [1.807, 2.05) is 18.3 Å². The van der Waals surface area contributed by atoms with Crippen LogP contribution in [0.25, 0.3) is 10.9 Å². The van der Waals surface area contributed by atoms with E-state index >= 15 is 0 Å². The van der Waals surface area contributed by atoms with Gasteiger partial charge in [-0.25, -0.2) is 0 Å². The fraction of sp³-hybridized carbons (Fsp3) is 0.438. The van der Waals surface area contributed by atoms with Crippen LogP contribution in [0, 0.1) is 5.92 Å². The van der Waals surface area contributed by atoms with E-state index in [1.54, 1.807) is 0 Å². The number of aromatic nitrogens is 1. The van der Waals surface area contributed by atoms with Crippen molar-refractivity contribution in [2.75, 3.05) is 30.7 Å². The fourth-order valence-electron chi connectivity index (χ4n) is 3.66. The number of nitrogen functional groups attached to an aromatic ring is 1. The smallest absolute Gasteiger partial charge is 0.0954 e. The molecular formula is C16H19BrN4. The largest absolute Gasteiger partial charge is 0.398 e. The van der Waals surface area contributed by atoms with Gasteiger partial charge in [0.1, 0.15) is 0 Å². The highest BCUT2D eigenvalue weighted by Crippen LogP contribution is 2.33. The van der Waals surface area contributed by atoms with Crippen LogP contribution in [0.2, 0.25) is 0 Å². The van der Waals surface area contributed by atoms with Gasteiger partial charge >= 0.3 is 0 Å². The first-order valence-corrected chi connectivity index (χ1v) is 8.32. The number of rotatable bonds is 2. The van der Waals surface area contributed by atoms with E-state index in [0.717, 1.165) is 39.2 Å². The second-order valence-electron chi connectivity index (χ2n) is 6.14. The molecule has 1 aromatic carbocycles. The average molecular weight is 347 g/mol. The molecule has 0 spiro atoms. The highest BCUT2D eigenvalue weighted by atomic mass is 79.9. The van der Waals surface area contributed by atoms with Crippen LogP contribution in [-0.2, 0) is 0 Å². The van der Waals surface area contributed by atoms with Gasteiger partial charge in [-0.1, -0.05) is 0 Å². The SMILES string of the molecule is Nc1ccc(NC2CN3CCC2CC3)c2ncc(Br)cc12. The van der Waals surface area contributed by atoms with Gasteiger partial charge in [-0.05, 0) is 66.0 Å². The fourth-order valence-corrected chi connectivity index (χ4v) is 3.99. The highest BCUT2D eigenvalue weighted by molar-refractivity contribution is 9.10. The molecule has 1 unspecified atom stereocenters. The Morgan fingerprint density at radius 2 is 2.10 bits per heavy atom. The summed E-state index contributed by atoms with van der Waals surface area (Å²) >= 11 is 3.47. The van der Waals surface area contributed by atoms with Gasteiger partial charge in [-0.2, -0.15) is 0 Å². The third kappa shape index (κ3) is 2.38. The Bertz CT molecular complexity index is 679. The zero-order valence-electron chi connectivity index (χ0n) is 11.8. The van der Waals surface area contributed by atoms with Gasteiger partial charge in [0, 0.05) is 34.3 Å². The van der Waals surface area contributed by atoms with E-state index in [2.05, 4.69) is 37.2 Å². The molecule has 3 fully saturated rings. The maximum absolute atomic E-state index is 6.09. The Balaban J connectivity index is 1.69. The first-order chi connectivity index (χ1) is 10.2. The molecule has 5 rings (SSSR count). The summed E-state index contributed by atoms with van der Waals surface area (Å²) in [6, 6.07) is 6.61. The van der Waals surface area contributed by atoms with Crippen molar-refractivity contribution in [3.63, 3.8) is 0 Å². The molecule has 0 saturated carbocycles. The number of pyridine rings is 1. The summed E-state index contributed by atoms with van der Waals surface area (Å²) in [6.07, 6.45) is 4.45. The summed E-state index contributed by atoms with van der Waals surface area (Å²) in [6.45, 7) is 3.67. The predicted octanol–water partition coefficient (Wildman–Crippen LogP) is 3.09. The summed E-state index contributed by atoms with van der Waals surface area (Å²) in [7, 11) is 0. The standard InChI is InChI=1S/C16H19BrN4/c17-11-7-12-13(18)1-2-14(16(12)19-8-11)20-15-9-21-5-3-10(15)4-6-21/h1-2,7-8,10,15,20H,3-6,9,18H2. The zero-order chi connectivity index (χ0) is 14.4. The number of halogens is 1. The van der Waals surface area contributed by atoms with E-state index in [1.165, 1.54) is 25.9 Å². The van der Waals surface area contributed by atoms with Gasteiger partial charge in [0.05, 0.1) is 11.2 Å². The van der Waals surface area contributed by atoms with Crippen molar-refractivity contribution in [2.45, 2.75) is 18.9 Å². The van der Waals surface area contributed by atoms with Crippen molar-refractivity contribution in [1.82, 2.24) is 9.88 Å². The van der Waals surface area contributed by atoms with Crippen molar-refractivity contribution in [3.8, 4) is 0 Å². The Hall–Kier alpha value is -1.33. The van der Waals surface area contributed by atoms with E-state index in [0.29, 0.717) is 6.04 Å². The maximum atomic E-state index is 6.09. The Morgan fingerprint density at radius 1 is 1.29 bits per heavy atom. The topological polar surface area (TPSA) is 54.2 Å². The lowest BCUT2D eigenvalue weighted by Crippen LogP contribution is -2.53. The Kier molecular flexibility index (Phi) is 3.27. The molecular weight excluding hydrogens is 328 g/mol. The summed E-state index contributed by atoms with van der Waals surface area (Å²) < 4.78 is 0.960. The van der Waals surface area contributed by atoms with Crippen LogP contribution in [0.4, 0.5) is 11.4 Å². The van der Waals surface area contributed by atoms with Crippen molar-refractivity contribution in [3.05, 3.63) is 28.9 Å². The van der Waals surface area contributed by atoms with E-state index in [4.69, 9.17) is 5.73 Å². The molecule has 4 nitrogen and oxygen atoms in total. The van der Waals surface area contributed by atoms with Crippen LogP contribution in [-0.4, -0.2) is 35.6 Å². The van der Waals surface area contributed by atoms with Crippen molar-refractivity contribution >= 4 is 38.2 Å². The monoisotopic (exact) mass is 346 g/mol. The minimum Gasteiger partial charge on any atom is -0.398 e. The molecule has 1 aromatic heterocycles. The van der Waals surface area contributed by atoms with Crippen LogP contribution in [0.5, 0.6) is 0 Å². The molecule has 4 heterocycles. The summed E-state index contributed by atoms with van der Waals surface area (Å²) in [5.74, 6) is 0.790. The Morgan fingerprint density at radius 3 is 2.81 bits per heavy atom. The molecule has 0 amide bonds. The predicted molar refractivity (Wildman–Crippen MR) is 90.4 cm³/mol. The van der Waals surface area contributed by atoms with Crippen LogP contribution < -0.4 is 11.1 Å². The van der Waals surface area contributed by atoms with Gasteiger partial charge in [0.15, 0.2) is 0 Å². The number of nitrogens with two attached hydrogens (primary N) is 1. The van der Waals surface area contributed by atoms with Crippen molar-refractivity contribution in [2.24, 2.45) is 5.92 Å². The van der Waals surface area contributed by atoms with Gasteiger partial charge in [-0.3, -0.25) is 4.98 Å². The van der Waals surface area contributed by atoms with Gasteiger partial charge in [0.25, 0.3) is 0 Å². The highest BCUT2D eigenvalue weighted by Gasteiger charge is 2.34. The number of anilines is 2. The van der Waals surface area contributed by atoms with Crippen LogP contribution in [0.1, 0.15) is 12.8 Å². The molecule has 0 aliphatic carbocycles. The molecule has 21 heavy (non-hydrogen) atoms. The Labute approximate surface area is 132 Å². The molecule has 1 atom stereocenters. The lowest BCUT2D eigenvalue weighted by Gasteiger charge is -2.45. The molecule has 3 N–H and O–H groups in total. The summed E-state index contributed by atoms with van der Waals surface area (Å²) in [4.78, 5) is 7.12. The molecule has 110 valence electrons. The third-order valence-corrected chi connectivity index (χ3v) is 5.28. The number of hydrogen-bond acceptors (Lipinski definition) is 4. The molecule has 2 bridgehead atoms. The van der Waals surface area contributed by atoms with Crippen LogP contribution in [0.15, 0.2) is 28.9 Å². The number of benzene rings is 1. The zero-order valence-corrected chi connectivity index (χ0v) is 13.4. The second-order valence-corrected chi connectivity index (χ2v) is 7.06. The molecule has 5 heteroatoms. The van der Waals surface area contributed by atoms with Crippen molar-refractivity contribution < 1.29 is 0 Å². The first kappa shape index (κ1) is 13.3. The third-order valence-electron chi connectivity index (χ3n) is 4.85. The lowest BCUT2D eigenvalue weighted by atomic mass is 9.84. The summed E-state index contributed by atoms with van der Waals surface area (Å²) in [5, 5.41) is 4.74. The van der Waals surface area contributed by atoms with E-state index < -0.39 is 0 Å². The van der Waals surface area contributed by atoms with Gasteiger partial charge in [0.2, 0.25) is 0 Å². The van der Waals surface area contributed by atoms with Gasteiger partial charge < -0.3 is 16.0 Å². The number of nitrogens with zero attached hydrogens (tertiary/aromatic N) is 2. The minimum absolute atomic E-state index is 0.532. The second kappa shape index (κ2) is 5.14. The summed E-state index contributed by atoms with van der Waals surface area (Å²) in [5.41, 5.74) is 8.94. The number of piperidine rings is 3. The number of nitrogens with one attached hydrogen (secondary N) is 1.